The number of alkyl halides is 1. The van der Waals surface area contributed by atoms with Crippen LogP contribution in [0, 0.1) is 5.41 Å². The maximum Gasteiger partial charge on any atom is 0.0615 e. The summed E-state index contributed by atoms with van der Waals surface area (Å²) in [5.41, 5.74) is 0.274. The Labute approximate surface area is 109 Å². The first-order valence-corrected chi connectivity index (χ1v) is 6.87. The van der Waals surface area contributed by atoms with E-state index in [9.17, 15) is 0 Å². The molecule has 0 spiro atoms. The minimum atomic E-state index is 0.274. The summed E-state index contributed by atoms with van der Waals surface area (Å²) < 4.78 is 10.4. The van der Waals surface area contributed by atoms with Gasteiger partial charge in [-0.25, -0.2) is 0 Å². The van der Waals surface area contributed by atoms with E-state index in [0.29, 0.717) is 6.04 Å². The number of rotatable bonds is 9. The highest BCUT2D eigenvalue weighted by molar-refractivity contribution is 9.09. The Morgan fingerprint density at radius 2 is 1.88 bits per heavy atom. The zero-order valence-corrected chi connectivity index (χ0v) is 12.8. The van der Waals surface area contributed by atoms with Crippen molar-refractivity contribution in [3.63, 3.8) is 0 Å². The predicted molar refractivity (Wildman–Crippen MR) is 72.4 cm³/mol. The lowest BCUT2D eigenvalue weighted by Gasteiger charge is -2.35. The van der Waals surface area contributed by atoms with E-state index in [1.165, 1.54) is 0 Å². The van der Waals surface area contributed by atoms with Crippen molar-refractivity contribution in [3.8, 4) is 0 Å². The molecule has 0 aliphatic rings. The fourth-order valence-electron chi connectivity index (χ4n) is 1.60. The van der Waals surface area contributed by atoms with Gasteiger partial charge in [-0.1, -0.05) is 29.8 Å². The van der Waals surface area contributed by atoms with Crippen LogP contribution in [-0.4, -0.2) is 56.8 Å². The monoisotopic (exact) mass is 295 g/mol. The smallest absolute Gasteiger partial charge is 0.0615 e. The Balaban J connectivity index is 4.29. The molecule has 0 saturated carbocycles. The van der Waals surface area contributed by atoms with Gasteiger partial charge in [0, 0.05) is 38.7 Å². The zero-order chi connectivity index (χ0) is 12.6. The lowest BCUT2D eigenvalue weighted by atomic mass is 9.95. The van der Waals surface area contributed by atoms with Crippen molar-refractivity contribution in [1.82, 2.24) is 4.90 Å². The molecule has 3 nitrogen and oxygen atoms in total. The molecule has 0 aromatic rings. The molecule has 0 aliphatic heterocycles. The van der Waals surface area contributed by atoms with E-state index in [0.717, 1.165) is 31.6 Å². The third kappa shape index (κ3) is 6.84. The van der Waals surface area contributed by atoms with Crippen molar-refractivity contribution < 1.29 is 9.47 Å². The third-order valence-corrected chi connectivity index (χ3v) is 4.12. The highest BCUT2D eigenvalue weighted by Gasteiger charge is 2.23. The maximum atomic E-state index is 5.22. The third-order valence-electron chi connectivity index (χ3n) is 2.61. The molecule has 0 bridgehead atoms. The molecule has 0 saturated heterocycles. The molecule has 98 valence electrons. The van der Waals surface area contributed by atoms with Gasteiger partial charge in [-0.05, 0) is 12.3 Å². The highest BCUT2D eigenvalue weighted by atomic mass is 79.9. The summed E-state index contributed by atoms with van der Waals surface area (Å²) in [6, 6.07) is 0.429. The molecule has 16 heavy (non-hydrogen) atoms. The summed E-state index contributed by atoms with van der Waals surface area (Å²) in [6.07, 6.45) is 0. The lowest BCUT2D eigenvalue weighted by Crippen LogP contribution is -2.44. The van der Waals surface area contributed by atoms with Crippen LogP contribution in [-0.2, 0) is 9.47 Å². The molecule has 0 radical (unpaired) electrons. The molecule has 0 rings (SSSR count). The molecule has 0 fully saturated rings. The lowest BCUT2D eigenvalue weighted by molar-refractivity contribution is 0.0557. The molecular weight excluding hydrogens is 270 g/mol. The van der Waals surface area contributed by atoms with Crippen LogP contribution >= 0.6 is 15.9 Å². The molecular formula is C12H26BrNO2. The summed E-state index contributed by atoms with van der Waals surface area (Å²) >= 11 is 3.57. The quantitative estimate of drug-likeness (QED) is 0.610. The number of ether oxygens (including phenoxy) is 2. The largest absolute Gasteiger partial charge is 0.383 e. The maximum absolute atomic E-state index is 5.22. The van der Waals surface area contributed by atoms with Crippen LogP contribution in [0.3, 0.4) is 0 Å². The van der Waals surface area contributed by atoms with E-state index in [1.54, 1.807) is 14.2 Å². The van der Waals surface area contributed by atoms with Gasteiger partial charge in [0.2, 0.25) is 0 Å². The molecule has 0 heterocycles. The molecule has 0 amide bonds. The standard InChI is InChI=1S/C12H26BrNO2/c1-11(8-16-5)14(6-7-15-4)10-12(2,3)9-13/h11H,6-10H2,1-5H3. The van der Waals surface area contributed by atoms with Gasteiger partial charge in [0.15, 0.2) is 0 Å². The molecule has 1 atom stereocenters. The summed E-state index contributed by atoms with van der Waals surface area (Å²) in [5, 5.41) is 1.00. The van der Waals surface area contributed by atoms with Gasteiger partial charge in [-0.2, -0.15) is 0 Å². The molecule has 4 heteroatoms. The summed E-state index contributed by atoms with van der Waals surface area (Å²) in [5.74, 6) is 0. The van der Waals surface area contributed by atoms with Crippen LogP contribution in [0.15, 0.2) is 0 Å². The Hall–Kier alpha value is 0.360. The number of halogens is 1. The Morgan fingerprint density at radius 3 is 2.31 bits per heavy atom. The molecule has 0 aromatic heterocycles. The van der Waals surface area contributed by atoms with Gasteiger partial charge in [0.1, 0.15) is 0 Å². The predicted octanol–water partition coefficient (Wildman–Crippen LogP) is 2.39. The fraction of sp³-hybridized carbons (Fsp3) is 1.00. The second kappa shape index (κ2) is 8.45. The van der Waals surface area contributed by atoms with Gasteiger partial charge >= 0.3 is 0 Å². The van der Waals surface area contributed by atoms with Crippen molar-refractivity contribution in [2.24, 2.45) is 5.41 Å². The van der Waals surface area contributed by atoms with Crippen molar-refractivity contribution in [2.75, 3.05) is 45.9 Å². The number of methoxy groups -OCH3 is 2. The van der Waals surface area contributed by atoms with Crippen molar-refractivity contribution in [3.05, 3.63) is 0 Å². The second-order valence-corrected chi connectivity index (χ2v) is 5.63. The molecule has 1 unspecified atom stereocenters. The van der Waals surface area contributed by atoms with Crippen LogP contribution < -0.4 is 0 Å². The fourth-order valence-corrected chi connectivity index (χ4v) is 1.78. The van der Waals surface area contributed by atoms with E-state index < -0.39 is 0 Å². The SMILES string of the molecule is COCCN(CC(C)(C)CBr)C(C)COC. The Kier molecular flexibility index (Phi) is 8.64. The van der Waals surface area contributed by atoms with Crippen LogP contribution in [0.2, 0.25) is 0 Å². The van der Waals surface area contributed by atoms with E-state index in [1.807, 2.05) is 0 Å². The zero-order valence-electron chi connectivity index (χ0n) is 11.3. The van der Waals surface area contributed by atoms with Crippen LogP contribution in [0.1, 0.15) is 20.8 Å². The number of hydrogen-bond donors (Lipinski definition) is 0. The Morgan fingerprint density at radius 1 is 1.25 bits per heavy atom. The van der Waals surface area contributed by atoms with E-state index >= 15 is 0 Å². The van der Waals surface area contributed by atoms with Gasteiger partial charge in [0.25, 0.3) is 0 Å². The summed E-state index contributed by atoms with van der Waals surface area (Å²) in [7, 11) is 3.50. The van der Waals surface area contributed by atoms with Crippen molar-refractivity contribution >= 4 is 15.9 Å². The number of nitrogens with zero attached hydrogens (tertiary/aromatic N) is 1. The molecule has 0 aliphatic carbocycles. The normalized spacial score (nSPS) is 14.4. The van der Waals surface area contributed by atoms with Crippen molar-refractivity contribution in [1.29, 1.82) is 0 Å². The first-order chi connectivity index (χ1) is 7.46. The summed E-state index contributed by atoms with van der Waals surface area (Å²) in [4.78, 5) is 2.42. The van der Waals surface area contributed by atoms with Gasteiger partial charge in [0.05, 0.1) is 13.2 Å². The molecule has 0 N–H and O–H groups in total. The first kappa shape index (κ1) is 16.4. The molecule has 0 aromatic carbocycles. The summed E-state index contributed by atoms with van der Waals surface area (Å²) in [6.45, 7) is 10.3. The minimum Gasteiger partial charge on any atom is -0.383 e. The van der Waals surface area contributed by atoms with Crippen LogP contribution in [0.25, 0.3) is 0 Å². The topological polar surface area (TPSA) is 21.7 Å². The van der Waals surface area contributed by atoms with Crippen LogP contribution in [0.4, 0.5) is 0 Å². The van der Waals surface area contributed by atoms with E-state index in [-0.39, 0.29) is 5.41 Å². The Bertz CT molecular complexity index is 176. The van der Waals surface area contributed by atoms with Gasteiger partial charge in [-0.3, -0.25) is 4.90 Å². The average Bonchev–Trinajstić information content (AvgIpc) is 2.24. The van der Waals surface area contributed by atoms with Crippen molar-refractivity contribution in [2.45, 2.75) is 26.8 Å². The highest BCUT2D eigenvalue weighted by Crippen LogP contribution is 2.21. The number of hydrogen-bond acceptors (Lipinski definition) is 3. The second-order valence-electron chi connectivity index (χ2n) is 5.07. The minimum absolute atomic E-state index is 0.274. The average molecular weight is 296 g/mol. The van der Waals surface area contributed by atoms with E-state index in [4.69, 9.17) is 9.47 Å². The first-order valence-electron chi connectivity index (χ1n) is 5.74. The van der Waals surface area contributed by atoms with Crippen LogP contribution in [0.5, 0.6) is 0 Å². The van der Waals surface area contributed by atoms with Gasteiger partial charge in [-0.15, -0.1) is 0 Å². The van der Waals surface area contributed by atoms with Gasteiger partial charge < -0.3 is 9.47 Å². The van der Waals surface area contributed by atoms with E-state index in [2.05, 4.69) is 41.6 Å².